The highest BCUT2D eigenvalue weighted by atomic mass is 79.9. The molecule has 0 aliphatic heterocycles. The van der Waals surface area contributed by atoms with Crippen molar-refractivity contribution in [2.24, 2.45) is 0 Å². The molecule has 1 aromatic carbocycles. The zero-order valence-corrected chi connectivity index (χ0v) is 12.9. The fourth-order valence-corrected chi connectivity index (χ4v) is 3.84. The fourth-order valence-electron chi connectivity index (χ4n) is 1.19. The third-order valence-electron chi connectivity index (χ3n) is 2.27. The first-order chi connectivity index (χ1) is 8.35. The van der Waals surface area contributed by atoms with Crippen LogP contribution in [0.3, 0.4) is 0 Å². The van der Waals surface area contributed by atoms with E-state index in [4.69, 9.17) is 5.11 Å². The Morgan fingerprint density at radius 3 is 2.67 bits per heavy atom. The van der Waals surface area contributed by atoms with Gasteiger partial charge in [-0.2, -0.15) is 0 Å². The van der Waals surface area contributed by atoms with Crippen LogP contribution in [0.1, 0.15) is 17.3 Å². The number of carboxylic acid groups (broad SMARTS) is 1. The highest BCUT2D eigenvalue weighted by Gasteiger charge is 2.11. The van der Waals surface area contributed by atoms with Crippen molar-refractivity contribution in [2.75, 3.05) is 17.3 Å². The standard InChI is InChI=1S/C11H13BrO4S2/c1-2-18(15,16)6-5-17-8-3-4-10(12)9(7-8)11(13)14/h3-4,7H,2,5-6H2,1H3,(H,13,14). The van der Waals surface area contributed by atoms with Crippen molar-refractivity contribution in [3.05, 3.63) is 28.2 Å². The molecule has 18 heavy (non-hydrogen) atoms. The molecule has 0 amide bonds. The van der Waals surface area contributed by atoms with Crippen molar-refractivity contribution >= 4 is 43.5 Å². The largest absolute Gasteiger partial charge is 0.478 e. The summed E-state index contributed by atoms with van der Waals surface area (Å²) in [7, 11) is -2.97. The van der Waals surface area contributed by atoms with E-state index in [0.717, 1.165) is 4.90 Å². The summed E-state index contributed by atoms with van der Waals surface area (Å²) in [4.78, 5) is 11.7. The van der Waals surface area contributed by atoms with Gasteiger partial charge in [-0.3, -0.25) is 0 Å². The first-order valence-electron chi connectivity index (χ1n) is 5.22. The number of thioether (sulfide) groups is 1. The molecule has 1 N–H and O–H groups in total. The molecule has 0 saturated heterocycles. The smallest absolute Gasteiger partial charge is 0.336 e. The number of carbonyl (C=O) groups is 1. The van der Waals surface area contributed by atoms with Gasteiger partial charge >= 0.3 is 5.97 Å². The summed E-state index contributed by atoms with van der Waals surface area (Å²) >= 11 is 4.50. The third-order valence-corrected chi connectivity index (χ3v) is 5.92. The SMILES string of the molecule is CCS(=O)(=O)CCSc1ccc(Br)c(C(=O)O)c1. The van der Waals surface area contributed by atoms with Crippen LogP contribution in [-0.4, -0.2) is 36.8 Å². The van der Waals surface area contributed by atoms with E-state index in [9.17, 15) is 13.2 Å². The van der Waals surface area contributed by atoms with Crippen LogP contribution in [0.25, 0.3) is 0 Å². The van der Waals surface area contributed by atoms with Crippen LogP contribution in [0.5, 0.6) is 0 Å². The maximum absolute atomic E-state index is 11.3. The van der Waals surface area contributed by atoms with E-state index in [-0.39, 0.29) is 17.1 Å². The summed E-state index contributed by atoms with van der Waals surface area (Å²) in [5.74, 6) is -0.344. The van der Waals surface area contributed by atoms with Crippen LogP contribution < -0.4 is 0 Å². The monoisotopic (exact) mass is 352 g/mol. The van der Waals surface area contributed by atoms with Crippen LogP contribution in [-0.2, 0) is 9.84 Å². The molecule has 0 aliphatic carbocycles. The Morgan fingerprint density at radius 2 is 2.11 bits per heavy atom. The second-order valence-corrected chi connectivity index (χ2v) is 8.03. The fraction of sp³-hybridized carbons (Fsp3) is 0.364. The van der Waals surface area contributed by atoms with Gasteiger partial charge in [-0.25, -0.2) is 13.2 Å². The quantitative estimate of drug-likeness (QED) is 0.796. The molecule has 0 bridgehead atoms. The predicted octanol–water partition coefficient (Wildman–Crippen LogP) is 2.67. The first kappa shape index (κ1) is 15.5. The Morgan fingerprint density at radius 1 is 1.44 bits per heavy atom. The van der Waals surface area contributed by atoms with Gasteiger partial charge in [-0.15, -0.1) is 11.8 Å². The molecule has 0 unspecified atom stereocenters. The van der Waals surface area contributed by atoms with Gasteiger partial charge in [-0.1, -0.05) is 6.92 Å². The number of hydrogen-bond acceptors (Lipinski definition) is 4. The lowest BCUT2D eigenvalue weighted by Gasteiger charge is -2.05. The minimum atomic E-state index is -2.97. The van der Waals surface area contributed by atoms with Crippen LogP contribution in [0.2, 0.25) is 0 Å². The molecular weight excluding hydrogens is 340 g/mol. The number of hydrogen-bond donors (Lipinski definition) is 1. The Labute approximate surface area is 119 Å². The van der Waals surface area contributed by atoms with Crippen molar-refractivity contribution in [2.45, 2.75) is 11.8 Å². The van der Waals surface area contributed by atoms with Crippen molar-refractivity contribution in [1.82, 2.24) is 0 Å². The van der Waals surface area contributed by atoms with Gasteiger partial charge in [0.2, 0.25) is 0 Å². The summed E-state index contributed by atoms with van der Waals surface area (Å²) in [6.45, 7) is 1.61. The number of sulfone groups is 1. The molecule has 0 aliphatic rings. The average Bonchev–Trinajstić information content (AvgIpc) is 2.31. The number of aromatic carboxylic acids is 1. The van der Waals surface area contributed by atoms with E-state index in [0.29, 0.717) is 10.2 Å². The molecule has 100 valence electrons. The highest BCUT2D eigenvalue weighted by molar-refractivity contribution is 9.10. The summed E-state index contributed by atoms with van der Waals surface area (Å²) < 4.78 is 23.1. The molecule has 0 atom stereocenters. The van der Waals surface area contributed by atoms with Crippen LogP contribution in [0.15, 0.2) is 27.6 Å². The molecule has 7 heteroatoms. The van der Waals surface area contributed by atoms with E-state index in [2.05, 4.69) is 15.9 Å². The second kappa shape index (κ2) is 6.58. The highest BCUT2D eigenvalue weighted by Crippen LogP contribution is 2.25. The molecule has 1 aromatic rings. The van der Waals surface area contributed by atoms with Gasteiger partial charge in [-0.05, 0) is 34.1 Å². The normalized spacial score (nSPS) is 11.4. The van der Waals surface area contributed by atoms with Crippen molar-refractivity contribution in [1.29, 1.82) is 0 Å². The van der Waals surface area contributed by atoms with Gasteiger partial charge in [0.1, 0.15) is 0 Å². The van der Waals surface area contributed by atoms with Crippen molar-refractivity contribution < 1.29 is 18.3 Å². The van der Waals surface area contributed by atoms with Crippen molar-refractivity contribution in [3.8, 4) is 0 Å². The summed E-state index contributed by atoms with van der Waals surface area (Å²) in [6, 6.07) is 4.95. The number of benzene rings is 1. The Bertz CT molecular complexity index is 540. The second-order valence-electron chi connectivity index (χ2n) is 3.53. The van der Waals surface area contributed by atoms with E-state index >= 15 is 0 Å². The van der Waals surface area contributed by atoms with Gasteiger partial charge in [0.05, 0.1) is 11.3 Å². The maximum Gasteiger partial charge on any atom is 0.336 e. The van der Waals surface area contributed by atoms with Gasteiger partial charge in [0.15, 0.2) is 9.84 Å². The van der Waals surface area contributed by atoms with Gasteiger partial charge < -0.3 is 5.11 Å². The summed E-state index contributed by atoms with van der Waals surface area (Å²) in [6.07, 6.45) is 0. The Hall–Kier alpha value is -0.530. The van der Waals surface area contributed by atoms with Gasteiger partial charge in [0, 0.05) is 20.9 Å². The van der Waals surface area contributed by atoms with E-state index < -0.39 is 15.8 Å². The number of carboxylic acids is 1. The van der Waals surface area contributed by atoms with E-state index in [1.54, 1.807) is 19.1 Å². The lowest BCUT2D eigenvalue weighted by Crippen LogP contribution is -2.10. The molecular formula is C11H13BrO4S2. The Kier molecular flexibility index (Phi) is 5.68. The zero-order valence-electron chi connectivity index (χ0n) is 9.72. The van der Waals surface area contributed by atoms with Crippen LogP contribution >= 0.6 is 27.7 Å². The Balaban J connectivity index is 2.69. The summed E-state index contributed by atoms with van der Waals surface area (Å²) in [5.41, 5.74) is 0.179. The summed E-state index contributed by atoms with van der Waals surface area (Å²) in [5, 5.41) is 8.95. The molecule has 1 rings (SSSR count). The van der Waals surface area contributed by atoms with Crippen LogP contribution in [0, 0.1) is 0 Å². The molecule has 0 saturated carbocycles. The number of halogens is 1. The zero-order chi connectivity index (χ0) is 13.8. The minimum absolute atomic E-state index is 0.104. The molecule has 4 nitrogen and oxygen atoms in total. The topological polar surface area (TPSA) is 71.4 Å². The minimum Gasteiger partial charge on any atom is -0.478 e. The molecule has 0 heterocycles. The lowest BCUT2D eigenvalue weighted by molar-refractivity contribution is 0.0695. The van der Waals surface area contributed by atoms with Crippen molar-refractivity contribution in [3.63, 3.8) is 0 Å². The average molecular weight is 353 g/mol. The maximum atomic E-state index is 11.3. The third kappa shape index (κ3) is 4.62. The first-order valence-corrected chi connectivity index (χ1v) is 8.82. The molecule has 0 aromatic heterocycles. The predicted molar refractivity (Wildman–Crippen MR) is 76.2 cm³/mol. The van der Waals surface area contributed by atoms with E-state index in [1.807, 2.05) is 0 Å². The van der Waals surface area contributed by atoms with E-state index in [1.165, 1.54) is 17.8 Å². The lowest BCUT2D eigenvalue weighted by atomic mass is 10.2. The van der Waals surface area contributed by atoms with Gasteiger partial charge in [0.25, 0.3) is 0 Å². The number of rotatable bonds is 6. The molecule has 0 fully saturated rings. The molecule has 0 spiro atoms. The van der Waals surface area contributed by atoms with Crippen LogP contribution in [0.4, 0.5) is 0 Å². The molecule has 0 radical (unpaired) electrons.